The normalized spacial score (nSPS) is 23.1. The lowest BCUT2D eigenvalue weighted by Crippen LogP contribution is -2.45. The second-order valence-electron chi connectivity index (χ2n) is 6.04. The Labute approximate surface area is 120 Å². The first-order valence-electron chi connectivity index (χ1n) is 7.90. The molecular formula is C15H26N2O3. The van der Waals surface area contributed by atoms with Crippen molar-refractivity contribution in [3.8, 4) is 0 Å². The van der Waals surface area contributed by atoms with Gasteiger partial charge in [-0.2, -0.15) is 0 Å². The Morgan fingerprint density at radius 1 is 0.900 bits per heavy atom. The highest BCUT2D eigenvalue weighted by atomic mass is 16.4. The van der Waals surface area contributed by atoms with E-state index in [4.69, 9.17) is 5.11 Å². The van der Waals surface area contributed by atoms with E-state index >= 15 is 0 Å². The number of carboxylic acids is 1. The van der Waals surface area contributed by atoms with Crippen LogP contribution in [0.2, 0.25) is 0 Å². The number of piperidine rings is 1. The van der Waals surface area contributed by atoms with Crippen LogP contribution in [-0.2, 0) is 9.59 Å². The van der Waals surface area contributed by atoms with Gasteiger partial charge >= 0.3 is 5.97 Å². The van der Waals surface area contributed by atoms with Gasteiger partial charge in [0.15, 0.2) is 0 Å². The largest absolute Gasteiger partial charge is 0.481 e. The van der Waals surface area contributed by atoms with Gasteiger partial charge in [-0.3, -0.25) is 14.5 Å². The molecule has 0 aromatic rings. The Balaban J connectivity index is 1.75. The molecule has 0 aliphatic carbocycles. The molecule has 1 amide bonds. The Bertz CT molecular complexity index is 330. The fourth-order valence-corrected chi connectivity index (χ4v) is 3.13. The van der Waals surface area contributed by atoms with E-state index < -0.39 is 5.97 Å². The number of amides is 1. The molecule has 0 unspecified atom stereocenters. The van der Waals surface area contributed by atoms with Gasteiger partial charge in [0.25, 0.3) is 0 Å². The number of aliphatic carboxylic acids is 1. The minimum Gasteiger partial charge on any atom is -0.481 e. The Kier molecular flexibility index (Phi) is 5.83. The zero-order valence-electron chi connectivity index (χ0n) is 12.2. The molecule has 114 valence electrons. The van der Waals surface area contributed by atoms with Crippen molar-refractivity contribution in [1.29, 1.82) is 0 Å². The summed E-state index contributed by atoms with van der Waals surface area (Å²) in [6.45, 7) is 3.72. The molecule has 0 atom stereocenters. The molecule has 2 heterocycles. The molecule has 2 aliphatic rings. The molecule has 2 aliphatic heterocycles. The molecule has 0 spiro atoms. The fraction of sp³-hybridized carbons (Fsp3) is 0.867. The van der Waals surface area contributed by atoms with Crippen LogP contribution >= 0.6 is 0 Å². The first-order chi connectivity index (χ1) is 9.66. The van der Waals surface area contributed by atoms with Gasteiger partial charge in [-0.05, 0) is 38.8 Å². The van der Waals surface area contributed by atoms with Crippen LogP contribution in [0, 0.1) is 5.92 Å². The lowest BCUT2D eigenvalue weighted by atomic mass is 9.97. The molecule has 0 aromatic carbocycles. The predicted octanol–water partition coefficient (Wildman–Crippen LogP) is 1.58. The number of hydrogen-bond acceptors (Lipinski definition) is 3. The molecule has 0 radical (unpaired) electrons. The lowest BCUT2D eigenvalue weighted by Gasteiger charge is -2.32. The van der Waals surface area contributed by atoms with Crippen LogP contribution in [0.3, 0.4) is 0 Å². The summed E-state index contributed by atoms with van der Waals surface area (Å²) in [6, 6.07) is 0. The maximum atomic E-state index is 12.3. The average Bonchev–Trinajstić information content (AvgIpc) is 2.38. The van der Waals surface area contributed by atoms with Crippen LogP contribution in [0.5, 0.6) is 0 Å². The summed E-state index contributed by atoms with van der Waals surface area (Å²) in [7, 11) is 0. The molecule has 2 rings (SSSR count). The summed E-state index contributed by atoms with van der Waals surface area (Å²) in [5.74, 6) is -0.691. The van der Waals surface area contributed by atoms with Crippen LogP contribution < -0.4 is 0 Å². The molecule has 0 saturated carbocycles. The maximum absolute atomic E-state index is 12.3. The Morgan fingerprint density at radius 2 is 1.45 bits per heavy atom. The van der Waals surface area contributed by atoms with Crippen molar-refractivity contribution in [3.63, 3.8) is 0 Å². The van der Waals surface area contributed by atoms with Gasteiger partial charge in [0.1, 0.15) is 0 Å². The van der Waals surface area contributed by atoms with Crippen LogP contribution in [0.1, 0.15) is 44.9 Å². The van der Waals surface area contributed by atoms with Crippen molar-refractivity contribution in [3.05, 3.63) is 0 Å². The van der Waals surface area contributed by atoms with E-state index in [0.29, 0.717) is 19.4 Å². The molecular weight excluding hydrogens is 256 g/mol. The SMILES string of the molecule is O=C(O)C1CCN(CC(=O)N2CCCCCCC2)CC1. The number of carbonyl (C=O) groups excluding carboxylic acids is 1. The highest BCUT2D eigenvalue weighted by molar-refractivity contribution is 5.78. The van der Waals surface area contributed by atoms with E-state index in [1.807, 2.05) is 4.90 Å². The van der Waals surface area contributed by atoms with Crippen LogP contribution in [0.25, 0.3) is 0 Å². The van der Waals surface area contributed by atoms with Gasteiger partial charge in [0.05, 0.1) is 12.5 Å². The van der Waals surface area contributed by atoms with E-state index in [-0.39, 0.29) is 11.8 Å². The third kappa shape index (κ3) is 4.47. The van der Waals surface area contributed by atoms with Gasteiger partial charge < -0.3 is 10.0 Å². The summed E-state index contributed by atoms with van der Waals surface area (Å²) in [4.78, 5) is 27.3. The maximum Gasteiger partial charge on any atom is 0.306 e. The Hall–Kier alpha value is -1.10. The third-order valence-electron chi connectivity index (χ3n) is 4.50. The summed E-state index contributed by atoms with van der Waals surface area (Å²) in [5.41, 5.74) is 0. The third-order valence-corrected chi connectivity index (χ3v) is 4.50. The first kappa shape index (κ1) is 15.3. The topological polar surface area (TPSA) is 60.9 Å². The van der Waals surface area contributed by atoms with Gasteiger partial charge in [0, 0.05) is 13.1 Å². The van der Waals surface area contributed by atoms with Crippen molar-refractivity contribution in [1.82, 2.24) is 9.80 Å². The van der Waals surface area contributed by atoms with Gasteiger partial charge in [-0.15, -0.1) is 0 Å². The molecule has 20 heavy (non-hydrogen) atoms. The lowest BCUT2D eigenvalue weighted by molar-refractivity contribution is -0.143. The molecule has 2 saturated heterocycles. The fourth-order valence-electron chi connectivity index (χ4n) is 3.13. The van der Waals surface area contributed by atoms with Gasteiger partial charge in [-0.1, -0.05) is 19.3 Å². The van der Waals surface area contributed by atoms with Crippen molar-refractivity contribution in [2.24, 2.45) is 5.92 Å². The van der Waals surface area contributed by atoms with Crippen molar-refractivity contribution < 1.29 is 14.7 Å². The number of likely N-dealkylation sites (tertiary alicyclic amines) is 2. The second-order valence-corrected chi connectivity index (χ2v) is 6.04. The van der Waals surface area contributed by atoms with Crippen LogP contribution in [0.4, 0.5) is 0 Å². The molecule has 5 nitrogen and oxygen atoms in total. The van der Waals surface area contributed by atoms with E-state index in [2.05, 4.69) is 4.90 Å². The molecule has 0 aromatic heterocycles. The minimum atomic E-state index is -0.695. The number of rotatable bonds is 3. The zero-order valence-corrected chi connectivity index (χ0v) is 12.2. The smallest absolute Gasteiger partial charge is 0.306 e. The number of nitrogens with zero attached hydrogens (tertiary/aromatic N) is 2. The first-order valence-corrected chi connectivity index (χ1v) is 7.90. The highest BCUT2D eigenvalue weighted by Crippen LogP contribution is 2.17. The second kappa shape index (κ2) is 7.62. The van der Waals surface area contributed by atoms with Gasteiger partial charge in [0.2, 0.25) is 5.91 Å². The van der Waals surface area contributed by atoms with Gasteiger partial charge in [-0.25, -0.2) is 0 Å². The van der Waals surface area contributed by atoms with E-state index in [1.54, 1.807) is 0 Å². The van der Waals surface area contributed by atoms with Crippen molar-refractivity contribution in [2.75, 3.05) is 32.7 Å². The molecule has 1 N–H and O–H groups in total. The predicted molar refractivity (Wildman–Crippen MR) is 76.5 cm³/mol. The molecule has 2 fully saturated rings. The Morgan fingerprint density at radius 3 is 2.00 bits per heavy atom. The number of carbonyl (C=O) groups is 2. The summed E-state index contributed by atoms with van der Waals surface area (Å²) in [5, 5.41) is 8.97. The molecule has 0 bridgehead atoms. The number of carboxylic acid groups (broad SMARTS) is 1. The summed E-state index contributed by atoms with van der Waals surface area (Å²) < 4.78 is 0. The monoisotopic (exact) mass is 282 g/mol. The average molecular weight is 282 g/mol. The van der Waals surface area contributed by atoms with Crippen LogP contribution in [-0.4, -0.2) is 59.5 Å². The zero-order chi connectivity index (χ0) is 14.4. The molecule has 5 heteroatoms. The van der Waals surface area contributed by atoms with Crippen LogP contribution in [0.15, 0.2) is 0 Å². The highest BCUT2D eigenvalue weighted by Gasteiger charge is 2.26. The summed E-state index contributed by atoms with van der Waals surface area (Å²) in [6.07, 6.45) is 7.33. The van der Waals surface area contributed by atoms with Crippen molar-refractivity contribution >= 4 is 11.9 Å². The number of hydrogen-bond donors (Lipinski definition) is 1. The van der Waals surface area contributed by atoms with Crippen molar-refractivity contribution in [2.45, 2.75) is 44.9 Å². The quantitative estimate of drug-likeness (QED) is 0.853. The minimum absolute atomic E-state index is 0.219. The van der Waals surface area contributed by atoms with E-state index in [1.165, 1.54) is 19.3 Å². The van der Waals surface area contributed by atoms with E-state index in [0.717, 1.165) is 39.0 Å². The standard InChI is InChI=1S/C15H26N2O3/c18-14(17-8-4-2-1-3-5-9-17)12-16-10-6-13(7-11-16)15(19)20/h13H,1-12H2,(H,19,20). The van der Waals surface area contributed by atoms with E-state index in [9.17, 15) is 9.59 Å². The summed E-state index contributed by atoms with van der Waals surface area (Å²) >= 11 is 0.